The molecule has 0 bridgehead atoms. The van der Waals surface area contributed by atoms with Crippen LogP contribution in [-0.2, 0) is 9.53 Å². The highest BCUT2D eigenvalue weighted by molar-refractivity contribution is 5.86. The number of hydrogen-bond acceptors (Lipinski definition) is 5. The van der Waals surface area contributed by atoms with Crippen LogP contribution in [0, 0.1) is 5.82 Å². The predicted molar refractivity (Wildman–Crippen MR) is 108 cm³/mol. The molecule has 0 radical (unpaired) electrons. The van der Waals surface area contributed by atoms with Gasteiger partial charge in [0.25, 0.3) is 5.91 Å². The Morgan fingerprint density at radius 3 is 2.43 bits per heavy atom. The van der Waals surface area contributed by atoms with Crippen LogP contribution in [-0.4, -0.2) is 46.3 Å². The van der Waals surface area contributed by atoms with Gasteiger partial charge in [0.15, 0.2) is 5.75 Å². The summed E-state index contributed by atoms with van der Waals surface area (Å²) in [6, 6.07) is 12.0. The third-order valence-electron chi connectivity index (χ3n) is 4.52. The maximum Gasteiger partial charge on any atom is 0.411 e. The van der Waals surface area contributed by atoms with Crippen molar-refractivity contribution in [3.8, 4) is 16.9 Å². The number of amides is 2. The molecule has 0 aliphatic carbocycles. The van der Waals surface area contributed by atoms with Crippen LogP contribution < -0.4 is 10.3 Å². The summed E-state index contributed by atoms with van der Waals surface area (Å²) in [6.45, 7) is 5.17. The van der Waals surface area contributed by atoms with Crippen molar-refractivity contribution >= 4 is 12.0 Å². The molecule has 1 aliphatic rings. The van der Waals surface area contributed by atoms with Crippen LogP contribution in [0.5, 0.6) is 5.75 Å². The monoisotopic (exact) mass is 416 g/mol. The van der Waals surface area contributed by atoms with Crippen molar-refractivity contribution in [2.24, 2.45) is 0 Å². The minimum Gasteiger partial charge on any atom is -0.444 e. The first kappa shape index (κ1) is 21.6. The summed E-state index contributed by atoms with van der Waals surface area (Å²) in [6.07, 6.45) is -1.41. The van der Waals surface area contributed by atoms with Crippen molar-refractivity contribution in [2.45, 2.75) is 44.9 Å². The van der Waals surface area contributed by atoms with Crippen LogP contribution in [0.2, 0.25) is 0 Å². The van der Waals surface area contributed by atoms with Crippen molar-refractivity contribution in [3.63, 3.8) is 0 Å². The number of carbonyl (C=O) groups is 2. The molecule has 160 valence electrons. The number of nitrogens with one attached hydrogen (secondary N) is 1. The molecule has 1 heterocycles. The van der Waals surface area contributed by atoms with Crippen LogP contribution in [0.4, 0.5) is 9.18 Å². The third kappa shape index (κ3) is 5.27. The molecule has 1 fully saturated rings. The largest absolute Gasteiger partial charge is 0.444 e. The Kier molecular flexibility index (Phi) is 6.26. The van der Waals surface area contributed by atoms with E-state index in [1.165, 1.54) is 11.0 Å². The van der Waals surface area contributed by atoms with E-state index >= 15 is 0 Å². The number of benzene rings is 2. The molecule has 0 spiro atoms. The van der Waals surface area contributed by atoms with Gasteiger partial charge in [-0.1, -0.05) is 30.3 Å². The lowest BCUT2D eigenvalue weighted by atomic mass is 10.1. The lowest BCUT2D eigenvalue weighted by Crippen LogP contribution is -2.48. The summed E-state index contributed by atoms with van der Waals surface area (Å²) >= 11 is 0. The second-order valence-electron chi connectivity index (χ2n) is 8.11. The van der Waals surface area contributed by atoms with Crippen molar-refractivity contribution in [3.05, 3.63) is 54.3 Å². The number of aliphatic hydroxyl groups excluding tert-OH is 1. The summed E-state index contributed by atoms with van der Waals surface area (Å²) < 4.78 is 19.2. The van der Waals surface area contributed by atoms with Gasteiger partial charge in [-0.15, -0.1) is 0 Å². The van der Waals surface area contributed by atoms with Gasteiger partial charge >= 0.3 is 6.09 Å². The number of carbonyl (C=O) groups excluding carboxylic acids is 2. The zero-order chi connectivity index (χ0) is 21.9. The Labute approximate surface area is 174 Å². The molecular weight excluding hydrogens is 391 g/mol. The zero-order valence-electron chi connectivity index (χ0n) is 17.1. The van der Waals surface area contributed by atoms with Crippen molar-refractivity contribution in [2.75, 3.05) is 6.54 Å². The Morgan fingerprint density at radius 1 is 1.13 bits per heavy atom. The van der Waals surface area contributed by atoms with E-state index in [-0.39, 0.29) is 18.8 Å². The van der Waals surface area contributed by atoms with Gasteiger partial charge in [0.2, 0.25) is 0 Å². The first-order valence-electron chi connectivity index (χ1n) is 9.63. The standard InChI is InChI=1S/C22H25FN2O5/c1-22(2,3)29-21(28)25-13-15(26)12-19(25)20(27)24-30-16-10-8-14(9-11-16)17-6-4-5-7-18(17)23/h4-11,15,19,26H,12-13H2,1-3H3,(H,24,27)/t15-,19+/m1/s1. The zero-order valence-corrected chi connectivity index (χ0v) is 17.1. The first-order chi connectivity index (χ1) is 14.1. The van der Waals surface area contributed by atoms with Crippen LogP contribution in [0.3, 0.4) is 0 Å². The third-order valence-corrected chi connectivity index (χ3v) is 4.52. The fraction of sp³-hybridized carbons (Fsp3) is 0.364. The summed E-state index contributed by atoms with van der Waals surface area (Å²) in [7, 11) is 0. The van der Waals surface area contributed by atoms with E-state index < -0.39 is 29.7 Å². The van der Waals surface area contributed by atoms with E-state index in [0.717, 1.165) is 0 Å². The molecule has 2 atom stereocenters. The van der Waals surface area contributed by atoms with Gasteiger partial charge in [-0.3, -0.25) is 9.69 Å². The first-order valence-corrected chi connectivity index (χ1v) is 9.63. The molecule has 7 nitrogen and oxygen atoms in total. The normalized spacial score (nSPS) is 18.8. The van der Waals surface area contributed by atoms with Crippen LogP contribution in [0.15, 0.2) is 48.5 Å². The average molecular weight is 416 g/mol. The number of hydrogen-bond donors (Lipinski definition) is 2. The topological polar surface area (TPSA) is 88.1 Å². The van der Waals surface area contributed by atoms with Gasteiger partial charge in [-0.2, -0.15) is 5.48 Å². The van der Waals surface area contributed by atoms with E-state index in [4.69, 9.17) is 9.57 Å². The fourth-order valence-electron chi connectivity index (χ4n) is 3.16. The molecule has 30 heavy (non-hydrogen) atoms. The highest BCUT2D eigenvalue weighted by Crippen LogP contribution is 2.25. The van der Waals surface area contributed by atoms with Crippen molar-refractivity contribution < 1.29 is 28.7 Å². The molecule has 1 saturated heterocycles. The van der Waals surface area contributed by atoms with Gasteiger partial charge < -0.3 is 14.7 Å². The lowest BCUT2D eigenvalue weighted by molar-refractivity contribution is -0.132. The predicted octanol–water partition coefficient (Wildman–Crippen LogP) is 3.27. The average Bonchev–Trinajstić information content (AvgIpc) is 3.08. The number of aliphatic hydroxyl groups is 1. The summed E-state index contributed by atoms with van der Waals surface area (Å²) in [5.74, 6) is -0.567. The Balaban J connectivity index is 1.61. The minimum absolute atomic E-state index is 0.00430. The maximum absolute atomic E-state index is 13.9. The number of β-amino-alcohol motifs (C(OH)–C–C–N with tert-alkyl or cyclic N) is 1. The number of rotatable bonds is 4. The fourth-order valence-corrected chi connectivity index (χ4v) is 3.16. The Hall–Kier alpha value is -3.13. The van der Waals surface area contributed by atoms with E-state index in [0.29, 0.717) is 16.9 Å². The van der Waals surface area contributed by atoms with E-state index in [9.17, 15) is 19.1 Å². The molecule has 0 unspecified atom stereocenters. The number of halogens is 1. The number of hydroxylamine groups is 1. The molecule has 0 aromatic heterocycles. The van der Waals surface area contributed by atoms with E-state index in [2.05, 4.69) is 5.48 Å². The number of ether oxygens (including phenoxy) is 1. The van der Waals surface area contributed by atoms with Crippen LogP contribution in [0.25, 0.3) is 11.1 Å². The second kappa shape index (κ2) is 8.71. The van der Waals surface area contributed by atoms with Gasteiger partial charge in [-0.25, -0.2) is 9.18 Å². The van der Waals surface area contributed by atoms with Gasteiger partial charge in [0, 0.05) is 12.0 Å². The van der Waals surface area contributed by atoms with E-state index in [1.807, 2.05) is 0 Å². The van der Waals surface area contributed by atoms with Crippen molar-refractivity contribution in [1.82, 2.24) is 10.4 Å². The SMILES string of the molecule is CC(C)(C)OC(=O)N1C[C@H](O)C[C@H]1C(=O)NOc1ccc(-c2ccccc2F)cc1. The second-order valence-corrected chi connectivity index (χ2v) is 8.11. The number of nitrogens with zero attached hydrogens (tertiary/aromatic N) is 1. The Bertz CT molecular complexity index is 910. The highest BCUT2D eigenvalue weighted by atomic mass is 19.1. The van der Waals surface area contributed by atoms with Crippen molar-refractivity contribution in [1.29, 1.82) is 0 Å². The Morgan fingerprint density at radius 2 is 1.80 bits per heavy atom. The molecule has 1 aliphatic heterocycles. The van der Waals surface area contributed by atoms with Gasteiger partial charge in [-0.05, 0) is 44.5 Å². The summed E-state index contributed by atoms with van der Waals surface area (Å²) in [4.78, 5) is 31.4. The quantitative estimate of drug-likeness (QED) is 0.747. The molecule has 2 N–H and O–H groups in total. The summed E-state index contributed by atoms with van der Waals surface area (Å²) in [5, 5.41) is 9.91. The van der Waals surface area contributed by atoms with Crippen LogP contribution in [0.1, 0.15) is 27.2 Å². The van der Waals surface area contributed by atoms with Gasteiger partial charge in [0.05, 0.1) is 12.6 Å². The summed E-state index contributed by atoms with van der Waals surface area (Å²) in [5.41, 5.74) is 2.71. The van der Waals surface area contributed by atoms with E-state index in [1.54, 1.807) is 63.2 Å². The maximum atomic E-state index is 13.9. The minimum atomic E-state index is -0.910. The molecule has 8 heteroatoms. The molecular formula is C22H25FN2O5. The lowest BCUT2D eigenvalue weighted by Gasteiger charge is -2.27. The van der Waals surface area contributed by atoms with Gasteiger partial charge in [0.1, 0.15) is 17.5 Å². The smallest absolute Gasteiger partial charge is 0.411 e. The highest BCUT2D eigenvalue weighted by Gasteiger charge is 2.41. The molecule has 2 aromatic carbocycles. The number of likely N-dealkylation sites (tertiary alicyclic amines) is 1. The molecule has 0 saturated carbocycles. The van der Waals surface area contributed by atoms with Crippen LogP contribution >= 0.6 is 0 Å². The molecule has 2 amide bonds. The molecule has 3 rings (SSSR count). The molecule has 2 aromatic rings.